The highest BCUT2D eigenvalue weighted by Gasteiger charge is 2.34. The van der Waals surface area contributed by atoms with Gasteiger partial charge in [-0.3, -0.25) is 4.79 Å². The molecule has 1 amide bonds. The van der Waals surface area contributed by atoms with Crippen molar-refractivity contribution in [2.24, 2.45) is 0 Å². The normalized spacial score (nSPS) is 20.0. The average Bonchev–Trinajstić information content (AvgIpc) is 3.05. The fourth-order valence-electron chi connectivity index (χ4n) is 3.02. The van der Waals surface area contributed by atoms with Crippen LogP contribution in [0.25, 0.3) is 0 Å². The van der Waals surface area contributed by atoms with Gasteiger partial charge in [-0.15, -0.1) is 0 Å². The SMILES string of the molecule is CNCC1CCCN1C(=O)C(C)NS(=O)(=O)c1c(C)noc1C. The van der Waals surface area contributed by atoms with Gasteiger partial charge >= 0.3 is 0 Å². The Morgan fingerprint density at radius 2 is 2.17 bits per heavy atom. The van der Waals surface area contributed by atoms with Crippen LogP contribution in [0, 0.1) is 13.8 Å². The topological polar surface area (TPSA) is 105 Å². The Labute approximate surface area is 136 Å². The van der Waals surface area contributed by atoms with E-state index in [1.807, 2.05) is 7.05 Å². The van der Waals surface area contributed by atoms with Crippen LogP contribution in [0.2, 0.25) is 0 Å². The molecule has 2 heterocycles. The summed E-state index contributed by atoms with van der Waals surface area (Å²) in [6, 6.07) is -0.732. The van der Waals surface area contributed by atoms with Gasteiger partial charge in [0.25, 0.3) is 0 Å². The quantitative estimate of drug-likeness (QED) is 0.762. The molecule has 2 unspecified atom stereocenters. The Bertz CT molecular complexity index is 651. The molecule has 2 rings (SSSR count). The highest BCUT2D eigenvalue weighted by molar-refractivity contribution is 7.89. The second-order valence-electron chi connectivity index (χ2n) is 5.88. The number of aromatic nitrogens is 1. The van der Waals surface area contributed by atoms with Crippen molar-refractivity contribution in [1.82, 2.24) is 20.1 Å². The highest BCUT2D eigenvalue weighted by Crippen LogP contribution is 2.21. The van der Waals surface area contributed by atoms with E-state index in [1.165, 1.54) is 6.92 Å². The average molecular weight is 344 g/mol. The smallest absolute Gasteiger partial charge is 0.246 e. The van der Waals surface area contributed by atoms with Crippen LogP contribution in [0.15, 0.2) is 9.42 Å². The van der Waals surface area contributed by atoms with Crippen molar-refractivity contribution in [3.63, 3.8) is 0 Å². The number of nitrogens with one attached hydrogen (secondary N) is 2. The molecule has 0 aliphatic carbocycles. The molecule has 1 aliphatic rings. The monoisotopic (exact) mass is 344 g/mol. The lowest BCUT2D eigenvalue weighted by atomic mass is 10.2. The first kappa shape index (κ1) is 17.9. The van der Waals surface area contributed by atoms with E-state index < -0.39 is 16.1 Å². The van der Waals surface area contributed by atoms with Crippen molar-refractivity contribution in [1.29, 1.82) is 0 Å². The largest absolute Gasteiger partial charge is 0.360 e. The van der Waals surface area contributed by atoms with Gasteiger partial charge in [0, 0.05) is 19.1 Å². The first-order valence-electron chi connectivity index (χ1n) is 7.68. The number of likely N-dealkylation sites (tertiary alicyclic amines) is 1. The first-order valence-corrected chi connectivity index (χ1v) is 9.16. The van der Waals surface area contributed by atoms with Crippen molar-refractivity contribution in [2.75, 3.05) is 20.1 Å². The molecule has 0 radical (unpaired) electrons. The molecule has 130 valence electrons. The maximum Gasteiger partial charge on any atom is 0.246 e. The summed E-state index contributed by atoms with van der Waals surface area (Å²) in [6.45, 7) is 6.01. The van der Waals surface area contributed by atoms with Gasteiger partial charge in [-0.1, -0.05) is 5.16 Å². The van der Waals surface area contributed by atoms with Crippen LogP contribution < -0.4 is 10.0 Å². The van der Waals surface area contributed by atoms with Gasteiger partial charge in [0.15, 0.2) is 5.76 Å². The lowest BCUT2D eigenvalue weighted by Gasteiger charge is -2.27. The number of nitrogens with zero attached hydrogens (tertiary/aromatic N) is 2. The van der Waals surface area contributed by atoms with Crippen molar-refractivity contribution >= 4 is 15.9 Å². The number of amides is 1. The molecule has 0 aromatic carbocycles. The van der Waals surface area contributed by atoms with Crippen LogP contribution in [0.3, 0.4) is 0 Å². The molecule has 23 heavy (non-hydrogen) atoms. The van der Waals surface area contributed by atoms with E-state index in [-0.39, 0.29) is 28.3 Å². The summed E-state index contributed by atoms with van der Waals surface area (Å²) >= 11 is 0. The lowest BCUT2D eigenvalue weighted by molar-refractivity contribution is -0.133. The van der Waals surface area contributed by atoms with E-state index in [1.54, 1.807) is 18.7 Å². The Morgan fingerprint density at radius 1 is 1.48 bits per heavy atom. The number of hydrogen-bond acceptors (Lipinski definition) is 6. The predicted octanol–water partition coefficient (Wildman–Crippen LogP) is 0.169. The van der Waals surface area contributed by atoms with Crippen LogP contribution in [-0.4, -0.2) is 56.6 Å². The Balaban J connectivity index is 2.12. The number of aryl methyl sites for hydroxylation is 2. The minimum atomic E-state index is -3.85. The molecule has 0 spiro atoms. The van der Waals surface area contributed by atoms with E-state index in [9.17, 15) is 13.2 Å². The van der Waals surface area contributed by atoms with Crippen LogP contribution in [0.4, 0.5) is 0 Å². The van der Waals surface area contributed by atoms with Gasteiger partial charge in [-0.25, -0.2) is 8.42 Å². The minimum absolute atomic E-state index is 0.00495. The van der Waals surface area contributed by atoms with E-state index in [4.69, 9.17) is 4.52 Å². The third-order valence-corrected chi connectivity index (χ3v) is 5.82. The zero-order chi connectivity index (χ0) is 17.2. The maximum absolute atomic E-state index is 12.6. The van der Waals surface area contributed by atoms with Gasteiger partial charge < -0.3 is 14.7 Å². The molecule has 1 saturated heterocycles. The van der Waals surface area contributed by atoms with Crippen LogP contribution >= 0.6 is 0 Å². The Morgan fingerprint density at radius 3 is 2.74 bits per heavy atom. The molecule has 1 aromatic rings. The molecule has 0 saturated carbocycles. The third kappa shape index (κ3) is 3.73. The summed E-state index contributed by atoms with van der Waals surface area (Å²) in [5.74, 6) is 0.00182. The fraction of sp³-hybridized carbons (Fsp3) is 0.714. The molecule has 2 atom stereocenters. The van der Waals surface area contributed by atoms with E-state index in [0.717, 1.165) is 12.8 Å². The van der Waals surface area contributed by atoms with E-state index >= 15 is 0 Å². The predicted molar refractivity (Wildman–Crippen MR) is 84.4 cm³/mol. The van der Waals surface area contributed by atoms with Gasteiger partial charge in [0.2, 0.25) is 15.9 Å². The second kappa shape index (κ2) is 6.98. The molecule has 1 fully saturated rings. The van der Waals surface area contributed by atoms with Crippen molar-refractivity contribution in [2.45, 2.75) is 50.6 Å². The third-order valence-electron chi connectivity index (χ3n) is 4.04. The Kier molecular flexibility index (Phi) is 5.43. The number of sulfonamides is 1. The fourth-order valence-corrected chi connectivity index (χ4v) is 4.55. The van der Waals surface area contributed by atoms with Crippen molar-refractivity contribution < 1.29 is 17.7 Å². The number of likely N-dealkylation sites (N-methyl/N-ethyl adjacent to an activating group) is 1. The second-order valence-corrected chi connectivity index (χ2v) is 7.53. The van der Waals surface area contributed by atoms with Gasteiger partial charge in [0.05, 0.1) is 6.04 Å². The number of rotatable bonds is 6. The maximum atomic E-state index is 12.6. The van der Waals surface area contributed by atoms with Crippen LogP contribution in [0.5, 0.6) is 0 Å². The minimum Gasteiger partial charge on any atom is -0.360 e. The van der Waals surface area contributed by atoms with E-state index in [2.05, 4.69) is 15.2 Å². The summed E-state index contributed by atoms with van der Waals surface area (Å²) in [5, 5.41) is 6.72. The van der Waals surface area contributed by atoms with Gasteiger partial charge in [0.1, 0.15) is 10.6 Å². The summed E-state index contributed by atoms with van der Waals surface area (Å²) in [7, 11) is -2.01. The van der Waals surface area contributed by atoms with E-state index in [0.29, 0.717) is 13.1 Å². The summed E-state index contributed by atoms with van der Waals surface area (Å²) in [4.78, 5) is 14.3. The summed E-state index contributed by atoms with van der Waals surface area (Å²) < 4.78 is 32.3. The summed E-state index contributed by atoms with van der Waals surface area (Å²) in [6.07, 6.45) is 1.86. The molecule has 1 aromatic heterocycles. The molecule has 9 heteroatoms. The summed E-state index contributed by atoms with van der Waals surface area (Å²) in [5.41, 5.74) is 0.281. The molecular weight excluding hydrogens is 320 g/mol. The zero-order valence-electron chi connectivity index (χ0n) is 13.9. The zero-order valence-corrected chi connectivity index (χ0v) is 14.7. The van der Waals surface area contributed by atoms with Crippen molar-refractivity contribution in [3.8, 4) is 0 Å². The Hall–Kier alpha value is -1.45. The number of carbonyl (C=O) groups excluding carboxylic acids is 1. The van der Waals surface area contributed by atoms with Crippen LogP contribution in [0.1, 0.15) is 31.2 Å². The number of hydrogen-bond donors (Lipinski definition) is 2. The van der Waals surface area contributed by atoms with Gasteiger partial charge in [-0.05, 0) is 40.7 Å². The standard InChI is InChI=1S/C14H24N4O4S/c1-9-13(11(3)22-16-9)23(20,21)17-10(2)14(19)18-7-5-6-12(18)8-15-4/h10,12,15,17H,5-8H2,1-4H3. The highest BCUT2D eigenvalue weighted by atomic mass is 32.2. The first-order chi connectivity index (χ1) is 10.8. The number of carbonyl (C=O) groups is 1. The van der Waals surface area contributed by atoms with Crippen molar-refractivity contribution in [3.05, 3.63) is 11.5 Å². The van der Waals surface area contributed by atoms with Crippen LogP contribution in [-0.2, 0) is 14.8 Å². The molecule has 1 aliphatic heterocycles. The lowest BCUT2D eigenvalue weighted by Crippen LogP contribution is -2.50. The molecular formula is C14H24N4O4S. The molecule has 0 bridgehead atoms. The van der Waals surface area contributed by atoms with Gasteiger partial charge in [-0.2, -0.15) is 4.72 Å². The molecule has 2 N–H and O–H groups in total. The molecule has 8 nitrogen and oxygen atoms in total.